The Morgan fingerprint density at radius 1 is 1.35 bits per heavy atom. The molecule has 0 aromatic carbocycles. The molecule has 2 amide bonds. The highest BCUT2D eigenvalue weighted by Gasteiger charge is 2.26. The van der Waals surface area contributed by atoms with Crippen molar-refractivity contribution in [1.29, 1.82) is 0 Å². The highest BCUT2D eigenvalue weighted by molar-refractivity contribution is 5.75. The van der Waals surface area contributed by atoms with Crippen LogP contribution in [0.3, 0.4) is 0 Å². The van der Waals surface area contributed by atoms with E-state index in [1.54, 1.807) is 6.92 Å². The lowest BCUT2D eigenvalue weighted by atomic mass is 10.1. The number of rotatable bonds is 6. The van der Waals surface area contributed by atoms with Gasteiger partial charge in [0.2, 0.25) is 0 Å². The standard InChI is InChI=1S/C9H15F3N2O3/c1-2-6(5-7(15)16)14-8(17)13-4-3-9(10,11)12/h6H,2-5H2,1H3,(H,15,16)(H2,13,14,17). The van der Waals surface area contributed by atoms with Gasteiger partial charge in [0.25, 0.3) is 0 Å². The summed E-state index contributed by atoms with van der Waals surface area (Å²) in [4.78, 5) is 21.5. The number of halogens is 3. The molecule has 0 saturated carbocycles. The van der Waals surface area contributed by atoms with E-state index in [4.69, 9.17) is 5.11 Å². The molecule has 8 heteroatoms. The monoisotopic (exact) mass is 256 g/mol. The largest absolute Gasteiger partial charge is 0.481 e. The number of alkyl halides is 3. The van der Waals surface area contributed by atoms with Crippen LogP contribution in [0.1, 0.15) is 26.2 Å². The molecule has 0 aliphatic rings. The Labute approximate surface area is 96.4 Å². The molecule has 0 spiro atoms. The second kappa shape index (κ2) is 6.97. The number of carboxylic acid groups (broad SMARTS) is 1. The minimum Gasteiger partial charge on any atom is -0.481 e. The summed E-state index contributed by atoms with van der Waals surface area (Å²) in [6.07, 6.45) is -5.31. The van der Waals surface area contributed by atoms with Crippen molar-refractivity contribution in [2.24, 2.45) is 0 Å². The summed E-state index contributed by atoms with van der Waals surface area (Å²) >= 11 is 0. The molecule has 0 aliphatic heterocycles. The lowest BCUT2D eigenvalue weighted by Gasteiger charge is -2.15. The molecule has 0 aromatic heterocycles. The van der Waals surface area contributed by atoms with Crippen molar-refractivity contribution in [3.8, 4) is 0 Å². The minimum absolute atomic E-state index is 0.261. The van der Waals surface area contributed by atoms with E-state index in [1.807, 2.05) is 5.32 Å². The van der Waals surface area contributed by atoms with Crippen LogP contribution in [0.4, 0.5) is 18.0 Å². The predicted molar refractivity (Wildman–Crippen MR) is 53.5 cm³/mol. The second-order valence-electron chi connectivity index (χ2n) is 3.47. The summed E-state index contributed by atoms with van der Waals surface area (Å²) in [5, 5.41) is 12.8. The molecule has 3 N–H and O–H groups in total. The number of hydrogen-bond donors (Lipinski definition) is 3. The fourth-order valence-corrected chi connectivity index (χ4v) is 1.06. The summed E-state index contributed by atoms with van der Waals surface area (Å²) < 4.78 is 35.3. The third-order valence-corrected chi connectivity index (χ3v) is 1.94. The SMILES string of the molecule is CCC(CC(=O)O)NC(=O)NCCC(F)(F)F. The lowest BCUT2D eigenvalue weighted by Crippen LogP contribution is -2.43. The quantitative estimate of drug-likeness (QED) is 0.673. The summed E-state index contributed by atoms with van der Waals surface area (Å²) in [5.41, 5.74) is 0. The van der Waals surface area contributed by atoms with Gasteiger partial charge in [-0.05, 0) is 6.42 Å². The van der Waals surface area contributed by atoms with Gasteiger partial charge < -0.3 is 15.7 Å². The number of aliphatic carboxylic acids is 1. The number of carbonyl (C=O) groups is 2. The predicted octanol–water partition coefficient (Wildman–Crippen LogP) is 1.49. The second-order valence-corrected chi connectivity index (χ2v) is 3.47. The highest BCUT2D eigenvalue weighted by Crippen LogP contribution is 2.17. The van der Waals surface area contributed by atoms with Gasteiger partial charge in [0.1, 0.15) is 0 Å². The molecule has 5 nitrogen and oxygen atoms in total. The lowest BCUT2D eigenvalue weighted by molar-refractivity contribution is -0.137. The smallest absolute Gasteiger partial charge is 0.390 e. The first-order chi connectivity index (χ1) is 7.74. The summed E-state index contributed by atoms with van der Waals surface area (Å²) in [7, 11) is 0. The molecule has 0 aliphatic carbocycles. The van der Waals surface area contributed by atoms with Crippen molar-refractivity contribution in [2.75, 3.05) is 6.54 Å². The molecule has 1 atom stereocenters. The summed E-state index contributed by atoms with van der Waals surface area (Å²) in [6, 6.07) is -1.37. The molecule has 0 fully saturated rings. The van der Waals surface area contributed by atoms with Crippen LogP contribution in [-0.4, -0.2) is 35.9 Å². The normalized spacial score (nSPS) is 12.9. The number of carboxylic acids is 1. The molecule has 0 radical (unpaired) electrons. The third-order valence-electron chi connectivity index (χ3n) is 1.94. The Kier molecular flexibility index (Phi) is 6.37. The van der Waals surface area contributed by atoms with E-state index in [-0.39, 0.29) is 6.42 Å². The van der Waals surface area contributed by atoms with Crippen LogP contribution in [-0.2, 0) is 4.79 Å². The van der Waals surface area contributed by atoms with Gasteiger partial charge in [-0.25, -0.2) is 4.79 Å². The van der Waals surface area contributed by atoms with E-state index in [0.717, 1.165) is 0 Å². The Hall–Kier alpha value is -1.47. The van der Waals surface area contributed by atoms with Crippen LogP contribution in [0.25, 0.3) is 0 Å². The number of nitrogens with one attached hydrogen (secondary N) is 2. The molecule has 0 bridgehead atoms. The topological polar surface area (TPSA) is 78.4 Å². The zero-order chi connectivity index (χ0) is 13.5. The highest BCUT2D eigenvalue weighted by atomic mass is 19.4. The van der Waals surface area contributed by atoms with E-state index < -0.39 is 37.2 Å². The number of amides is 2. The molecular formula is C9H15F3N2O3. The molecule has 0 saturated heterocycles. The molecule has 17 heavy (non-hydrogen) atoms. The molecule has 0 aromatic rings. The van der Waals surface area contributed by atoms with Crippen LogP contribution < -0.4 is 10.6 Å². The number of carbonyl (C=O) groups excluding carboxylic acids is 1. The Morgan fingerprint density at radius 3 is 2.35 bits per heavy atom. The van der Waals surface area contributed by atoms with Crippen molar-refractivity contribution in [2.45, 2.75) is 38.4 Å². The number of urea groups is 1. The van der Waals surface area contributed by atoms with Crippen LogP contribution >= 0.6 is 0 Å². The van der Waals surface area contributed by atoms with Crippen LogP contribution in [0.15, 0.2) is 0 Å². The van der Waals surface area contributed by atoms with Gasteiger partial charge in [0, 0.05) is 12.6 Å². The number of hydrogen-bond acceptors (Lipinski definition) is 2. The average Bonchev–Trinajstić information content (AvgIpc) is 2.13. The van der Waals surface area contributed by atoms with Crippen LogP contribution in [0, 0.1) is 0 Å². The van der Waals surface area contributed by atoms with E-state index in [9.17, 15) is 22.8 Å². The summed E-state index contributed by atoms with van der Waals surface area (Å²) in [5.74, 6) is -1.08. The van der Waals surface area contributed by atoms with Gasteiger partial charge >= 0.3 is 18.2 Å². The van der Waals surface area contributed by atoms with E-state index in [0.29, 0.717) is 6.42 Å². The van der Waals surface area contributed by atoms with Crippen molar-refractivity contribution in [1.82, 2.24) is 10.6 Å². The first-order valence-corrected chi connectivity index (χ1v) is 5.07. The zero-order valence-corrected chi connectivity index (χ0v) is 9.30. The average molecular weight is 256 g/mol. The maximum absolute atomic E-state index is 11.8. The van der Waals surface area contributed by atoms with Gasteiger partial charge in [0.05, 0.1) is 12.8 Å². The molecular weight excluding hydrogens is 241 g/mol. The van der Waals surface area contributed by atoms with Crippen molar-refractivity contribution in [3.05, 3.63) is 0 Å². The van der Waals surface area contributed by atoms with Gasteiger partial charge in [-0.15, -0.1) is 0 Å². The molecule has 100 valence electrons. The maximum atomic E-state index is 11.8. The molecule has 0 heterocycles. The Bertz CT molecular complexity index is 269. The zero-order valence-electron chi connectivity index (χ0n) is 9.30. The fraction of sp³-hybridized carbons (Fsp3) is 0.778. The first kappa shape index (κ1) is 15.5. The van der Waals surface area contributed by atoms with Crippen molar-refractivity contribution in [3.63, 3.8) is 0 Å². The fourth-order valence-electron chi connectivity index (χ4n) is 1.06. The van der Waals surface area contributed by atoms with E-state index >= 15 is 0 Å². The van der Waals surface area contributed by atoms with Gasteiger partial charge in [-0.1, -0.05) is 6.92 Å². The first-order valence-electron chi connectivity index (χ1n) is 5.07. The van der Waals surface area contributed by atoms with E-state index in [2.05, 4.69) is 5.32 Å². The van der Waals surface area contributed by atoms with Crippen molar-refractivity contribution >= 4 is 12.0 Å². The Balaban J connectivity index is 3.87. The molecule has 1 unspecified atom stereocenters. The van der Waals surface area contributed by atoms with Gasteiger partial charge in [-0.3, -0.25) is 4.79 Å². The van der Waals surface area contributed by atoms with Crippen molar-refractivity contribution < 1.29 is 27.9 Å². The van der Waals surface area contributed by atoms with Gasteiger partial charge in [-0.2, -0.15) is 13.2 Å². The molecule has 0 rings (SSSR count). The van der Waals surface area contributed by atoms with Crippen LogP contribution in [0.2, 0.25) is 0 Å². The maximum Gasteiger partial charge on any atom is 0.390 e. The van der Waals surface area contributed by atoms with Crippen LogP contribution in [0.5, 0.6) is 0 Å². The third kappa shape index (κ3) is 9.46. The van der Waals surface area contributed by atoms with Gasteiger partial charge in [0.15, 0.2) is 0 Å². The summed E-state index contributed by atoms with van der Waals surface area (Å²) in [6.45, 7) is 1.14. The van der Waals surface area contributed by atoms with E-state index in [1.165, 1.54) is 0 Å². The Morgan fingerprint density at radius 2 is 1.94 bits per heavy atom. The minimum atomic E-state index is -4.32.